The molecular weight excluding hydrogens is 275 g/mol. The monoisotopic (exact) mass is 288 g/mol. The molecule has 3 N–H and O–H groups in total. The largest absolute Gasteiger partial charge is 0.396 e. The first-order valence-corrected chi connectivity index (χ1v) is 5.57. The van der Waals surface area contributed by atoms with Crippen molar-refractivity contribution < 1.29 is 9.18 Å². The van der Waals surface area contributed by atoms with E-state index in [9.17, 15) is 9.18 Å². The average molecular weight is 289 g/mol. The summed E-state index contributed by atoms with van der Waals surface area (Å²) in [5.41, 5.74) is 5.36. The van der Waals surface area contributed by atoms with Crippen molar-refractivity contribution in [3.63, 3.8) is 0 Å². The number of nitrogens with two attached hydrogens (primary N) is 1. The molecule has 0 aliphatic rings. The van der Waals surface area contributed by atoms with E-state index in [2.05, 4.69) is 21.2 Å². The Morgan fingerprint density at radius 2 is 2.00 bits per heavy atom. The van der Waals surface area contributed by atoms with Crippen LogP contribution in [-0.4, -0.2) is 11.4 Å². The zero-order valence-electron chi connectivity index (χ0n) is 9.40. The van der Waals surface area contributed by atoms with Crippen LogP contribution in [0.25, 0.3) is 0 Å². The van der Waals surface area contributed by atoms with E-state index in [1.165, 1.54) is 12.1 Å². The van der Waals surface area contributed by atoms with Crippen LogP contribution in [0.15, 0.2) is 16.6 Å². The number of hydrogen-bond acceptors (Lipinski definition) is 2. The maximum atomic E-state index is 13.1. The van der Waals surface area contributed by atoms with Crippen LogP contribution in [0.5, 0.6) is 0 Å². The summed E-state index contributed by atoms with van der Waals surface area (Å²) in [5.74, 6) is -0.828. The van der Waals surface area contributed by atoms with Crippen LogP contribution in [-0.2, 0) is 0 Å². The Hall–Kier alpha value is -1.10. The van der Waals surface area contributed by atoms with Gasteiger partial charge < -0.3 is 11.1 Å². The van der Waals surface area contributed by atoms with E-state index < -0.39 is 5.82 Å². The van der Waals surface area contributed by atoms with Gasteiger partial charge in [0, 0.05) is 10.0 Å². The van der Waals surface area contributed by atoms with Crippen molar-refractivity contribution in [1.29, 1.82) is 0 Å². The fraction of sp³-hybridized carbons (Fsp3) is 0.364. The summed E-state index contributed by atoms with van der Waals surface area (Å²) in [7, 11) is 0. The van der Waals surface area contributed by atoms with Crippen molar-refractivity contribution in [3.8, 4) is 0 Å². The maximum absolute atomic E-state index is 13.1. The van der Waals surface area contributed by atoms with Crippen LogP contribution in [0.1, 0.15) is 31.1 Å². The SMILES string of the molecule is CC(C)(C)NC(=O)c1cc(N)c(F)cc1Br. The molecule has 1 amide bonds. The third kappa shape index (κ3) is 3.20. The van der Waals surface area contributed by atoms with E-state index in [1.807, 2.05) is 20.8 Å². The molecule has 0 atom stereocenters. The Labute approximate surface area is 102 Å². The molecule has 16 heavy (non-hydrogen) atoms. The fourth-order valence-corrected chi connectivity index (χ4v) is 1.64. The molecule has 0 saturated heterocycles. The van der Waals surface area contributed by atoms with Crippen LogP contribution >= 0.6 is 15.9 Å². The number of hydrogen-bond donors (Lipinski definition) is 2. The van der Waals surface area contributed by atoms with Gasteiger partial charge in [-0.2, -0.15) is 0 Å². The lowest BCUT2D eigenvalue weighted by Gasteiger charge is -2.21. The third-order valence-corrected chi connectivity index (χ3v) is 2.48. The van der Waals surface area contributed by atoms with Gasteiger partial charge in [-0.15, -0.1) is 0 Å². The van der Waals surface area contributed by atoms with Crippen LogP contribution < -0.4 is 11.1 Å². The summed E-state index contributed by atoms with van der Waals surface area (Å²) in [6.07, 6.45) is 0. The van der Waals surface area contributed by atoms with E-state index in [0.717, 1.165) is 0 Å². The minimum absolute atomic E-state index is 0.0396. The minimum atomic E-state index is -0.542. The molecule has 1 rings (SSSR count). The average Bonchev–Trinajstić information content (AvgIpc) is 2.08. The number of carbonyl (C=O) groups is 1. The van der Waals surface area contributed by atoms with Gasteiger partial charge in [0.15, 0.2) is 0 Å². The predicted octanol–water partition coefficient (Wildman–Crippen LogP) is 2.70. The third-order valence-electron chi connectivity index (χ3n) is 1.82. The summed E-state index contributed by atoms with van der Waals surface area (Å²) in [6.45, 7) is 5.60. The fourth-order valence-electron chi connectivity index (χ4n) is 1.15. The number of benzene rings is 1. The second kappa shape index (κ2) is 4.41. The molecule has 0 aliphatic heterocycles. The molecule has 3 nitrogen and oxygen atoms in total. The number of nitrogen functional groups attached to an aromatic ring is 1. The molecule has 5 heteroatoms. The van der Waals surface area contributed by atoms with E-state index >= 15 is 0 Å². The molecule has 88 valence electrons. The quantitative estimate of drug-likeness (QED) is 0.781. The lowest BCUT2D eigenvalue weighted by atomic mass is 10.1. The second-order valence-electron chi connectivity index (χ2n) is 4.56. The zero-order valence-corrected chi connectivity index (χ0v) is 11.0. The molecule has 1 aromatic carbocycles. The number of rotatable bonds is 1. The Balaban J connectivity index is 3.05. The highest BCUT2D eigenvalue weighted by Gasteiger charge is 2.18. The molecule has 0 heterocycles. The van der Waals surface area contributed by atoms with Gasteiger partial charge in [-0.1, -0.05) is 0 Å². The first kappa shape index (κ1) is 13.0. The molecular formula is C11H14BrFN2O. The molecule has 0 saturated carbocycles. The first-order chi connectivity index (χ1) is 7.20. The Morgan fingerprint density at radius 1 is 1.44 bits per heavy atom. The Kier molecular flexibility index (Phi) is 3.57. The lowest BCUT2D eigenvalue weighted by Crippen LogP contribution is -2.40. The Morgan fingerprint density at radius 3 is 2.50 bits per heavy atom. The van der Waals surface area contributed by atoms with Gasteiger partial charge in [0.25, 0.3) is 5.91 Å². The molecule has 0 bridgehead atoms. The summed E-state index contributed by atoms with van der Waals surface area (Å²) in [6, 6.07) is 2.51. The normalized spacial score (nSPS) is 11.3. The molecule has 0 aliphatic carbocycles. The van der Waals surface area contributed by atoms with E-state index in [4.69, 9.17) is 5.73 Å². The van der Waals surface area contributed by atoms with Crippen molar-refractivity contribution in [2.75, 3.05) is 5.73 Å². The topological polar surface area (TPSA) is 55.1 Å². The minimum Gasteiger partial charge on any atom is -0.396 e. The van der Waals surface area contributed by atoms with Crippen LogP contribution in [0.2, 0.25) is 0 Å². The highest BCUT2D eigenvalue weighted by atomic mass is 79.9. The zero-order chi connectivity index (χ0) is 12.5. The first-order valence-electron chi connectivity index (χ1n) is 4.78. The van der Waals surface area contributed by atoms with Gasteiger partial charge in [-0.25, -0.2) is 4.39 Å². The van der Waals surface area contributed by atoms with E-state index in [-0.39, 0.29) is 17.1 Å². The molecule has 0 unspecified atom stereocenters. The van der Waals surface area contributed by atoms with Gasteiger partial charge in [-0.3, -0.25) is 4.79 Å². The number of halogens is 2. The highest BCUT2D eigenvalue weighted by Crippen LogP contribution is 2.23. The number of amides is 1. The van der Waals surface area contributed by atoms with Crippen molar-refractivity contribution in [1.82, 2.24) is 5.32 Å². The standard InChI is InChI=1S/C11H14BrFN2O/c1-11(2,3)15-10(16)6-4-9(14)8(13)5-7(6)12/h4-5H,14H2,1-3H3,(H,15,16). The van der Waals surface area contributed by atoms with Crippen molar-refractivity contribution >= 4 is 27.5 Å². The predicted molar refractivity (Wildman–Crippen MR) is 65.7 cm³/mol. The smallest absolute Gasteiger partial charge is 0.252 e. The lowest BCUT2D eigenvalue weighted by molar-refractivity contribution is 0.0919. The summed E-state index contributed by atoms with van der Waals surface area (Å²) >= 11 is 3.13. The summed E-state index contributed by atoms with van der Waals surface area (Å²) < 4.78 is 13.5. The van der Waals surface area contributed by atoms with E-state index in [1.54, 1.807) is 0 Å². The number of anilines is 1. The van der Waals surface area contributed by atoms with Gasteiger partial charge in [0.2, 0.25) is 0 Å². The summed E-state index contributed by atoms with van der Waals surface area (Å²) in [5, 5.41) is 2.78. The van der Waals surface area contributed by atoms with Gasteiger partial charge >= 0.3 is 0 Å². The van der Waals surface area contributed by atoms with Crippen LogP contribution in [0.4, 0.5) is 10.1 Å². The second-order valence-corrected chi connectivity index (χ2v) is 5.41. The highest BCUT2D eigenvalue weighted by molar-refractivity contribution is 9.10. The summed E-state index contributed by atoms with van der Waals surface area (Å²) in [4.78, 5) is 11.8. The molecule has 0 aromatic heterocycles. The van der Waals surface area contributed by atoms with Crippen molar-refractivity contribution in [2.24, 2.45) is 0 Å². The van der Waals surface area contributed by atoms with Crippen LogP contribution in [0, 0.1) is 5.82 Å². The van der Waals surface area contributed by atoms with Gasteiger partial charge in [-0.05, 0) is 48.8 Å². The van der Waals surface area contributed by atoms with Crippen molar-refractivity contribution in [3.05, 3.63) is 28.0 Å². The maximum Gasteiger partial charge on any atom is 0.252 e. The molecule has 0 spiro atoms. The number of nitrogens with one attached hydrogen (secondary N) is 1. The van der Waals surface area contributed by atoms with E-state index in [0.29, 0.717) is 10.0 Å². The van der Waals surface area contributed by atoms with Gasteiger partial charge in [0.05, 0.1) is 11.3 Å². The molecule has 0 fully saturated rings. The van der Waals surface area contributed by atoms with Crippen LogP contribution in [0.3, 0.4) is 0 Å². The number of carbonyl (C=O) groups excluding carboxylic acids is 1. The van der Waals surface area contributed by atoms with Gasteiger partial charge in [0.1, 0.15) is 5.82 Å². The Bertz CT molecular complexity index is 427. The van der Waals surface area contributed by atoms with Crippen molar-refractivity contribution in [2.45, 2.75) is 26.3 Å². The molecule has 1 aromatic rings. The molecule has 0 radical (unpaired) electrons.